The van der Waals surface area contributed by atoms with Gasteiger partial charge in [0.25, 0.3) is 0 Å². The van der Waals surface area contributed by atoms with E-state index >= 15 is 0 Å². The van der Waals surface area contributed by atoms with Crippen molar-refractivity contribution in [2.75, 3.05) is 0 Å². The fourth-order valence-corrected chi connectivity index (χ4v) is 0.328. The van der Waals surface area contributed by atoms with Gasteiger partial charge < -0.3 is 9.90 Å². The molecule has 0 fully saturated rings. The third-order valence-corrected chi connectivity index (χ3v) is 0.840. The van der Waals surface area contributed by atoms with Gasteiger partial charge in [0.1, 0.15) is 6.29 Å². The van der Waals surface area contributed by atoms with Crippen molar-refractivity contribution >= 4 is 55.8 Å². The average molecular weight is 172 g/mol. The van der Waals surface area contributed by atoms with Crippen LogP contribution >= 0.6 is 0 Å². The summed E-state index contributed by atoms with van der Waals surface area (Å²) in [5, 5.41) is 8.09. The Balaban J connectivity index is 0. The molecule has 10 heavy (non-hydrogen) atoms. The van der Waals surface area contributed by atoms with E-state index in [-0.39, 0.29) is 44.0 Å². The first-order valence-corrected chi connectivity index (χ1v) is 2.28. The maximum atomic E-state index is 10.2. The Morgan fingerprint density at radius 2 is 1.90 bits per heavy atom. The third kappa shape index (κ3) is 3.98. The van der Waals surface area contributed by atoms with Crippen LogP contribution in [-0.4, -0.2) is 60.9 Å². The van der Waals surface area contributed by atoms with Crippen LogP contribution < -0.4 is 0 Å². The normalized spacial score (nSPS) is 10.9. The van der Waals surface area contributed by atoms with Gasteiger partial charge in [-0.3, -0.25) is 9.59 Å². The van der Waals surface area contributed by atoms with Crippen molar-refractivity contribution in [3.05, 3.63) is 0 Å². The first-order valence-electron chi connectivity index (χ1n) is 2.28. The molecular formula is C5H8CaO4. The van der Waals surface area contributed by atoms with E-state index in [1.807, 2.05) is 0 Å². The molecule has 0 heterocycles. The fraction of sp³-hybridized carbons (Fsp3) is 0.400. The predicted molar refractivity (Wildman–Crippen MR) is 36.4 cm³/mol. The first kappa shape index (κ1) is 12.7. The topological polar surface area (TPSA) is 71.4 Å². The Bertz CT molecular complexity index is 140. The molecule has 0 amide bonds. The summed E-state index contributed by atoms with van der Waals surface area (Å²) >= 11 is 0. The van der Waals surface area contributed by atoms with Gasteiger partial charge >= 0.3 is 43.7 Å². The molecule has 0 aromatic rings. The summed E-state index contributed by atoms with van der Waals surface area (Å²) in [5.41, 5.74) is 0. The summed E-state index contributed by atoms with van der Waals surface area (Å²) in [6, 6.07) is 0. The van der Waals surface area contributed by atoms with Crippen LogP contribution in [0.5, 0.6) is 0 Å². The van der Waals surface area contributed by atoms with E-state index in [0.717, 1.165) is 6.92 Å². The molecule has 1 unspecified atom stereocenters. The molecule has 0 rings (SSSR count). The molecule has 0 bridgehead atoms. The number of Topliss-reactive ketones (excluding diaryl/α,β-unsaturated/α-hetero) is 1. The van der Waals surface area contributed by atoms with Gasteiger partial charge in [-0.1, -0.05) is 0 Å². The SMILES string of the molecule is CC(=O)C(C=O)C(=O)O.[CaH2]. The van der Waals surface area contributed by atoms with Gasteiger partial charge in [0.15, 0.2) is 11.7 Å². The van der Waals surface area contributed by atoms with E-state index in [2.05, 4.69) is 0 Å². The van der Waals surface area contributed by atoms with Crippen molar-refractivity contribution < 1.29 is 19.5 Å². The fourth-order valence-electron chi connectivity index (χ4n) is 0.328. The predicted octanol–water partition coefficient (Wildman–Crippen LogP) is -1.44. The minimum absolute atomic E-state index is 0. The van der Waals surface area contributed by atoms with Crippen LogP contribution in [0.1, 0.15) is 6.92 Å². The van der Waals surface area contributed by atoms with Crippen LogP contribution in [0.2, 0.25) is 0 Å². The quantitative estimate of drug-likeness (QED) is 0.321. The van der Waals surface area contributed by atoms with Gasteiger partial charge in [0.05, 0.1) is 0 Å². The summed E-state index contributed by atoms with van der Waals surface area (Å²) in [6.45, 7) is 1.06. The van der Waals surface area contributed by atoms with E-state index in [1.54, 1.807) is 0 Å². The third-order valence-electron chi connectivity index (χ3n) is 0.840. The zero-order chi connectivity index (χ0) is 7.44. The molecule has 0 aliphatic rings. The van der Waals surface area contributed by atoms with Crippen LogP contribution in [0.25, 0.3) is 0 Å². The molecule has 5 heteroatoms. The van der Waals surface area contributed by atoms with E-state index in [4.69, 9.17) is 5.11 Å². The van der Waals surface area contributed by atoms with Crippen molar-refractivity contribution in [3.63, 3.8) is 0 Å². The van der Waals surface area contributed by atoms with Crippen LogP contribution in [0.4, 0.5) is 0 Å². The number of hydrogen-bond acceptors (Lipinski definition) is 3. The van der Waals surface area contributed by atoms with Crippen LogP contribution in [0.3, 0.4) is 0 Å². The van der Waals surface area contributed by atoms with Gasteiger partial charge in [-0.25, -0.2) is 0 Å². The number of carbonyl (C=O) groups is 3. The Hall–Kier alpha value is 0.0697. The molecule has 0 radical (unpaired) electrons. The molecule has 0 aromatic heterocycles. The monoisotopic (exact) mass is 172 g/mol. The molecule has 1 N–H and O–H groups in total. The Morgan fingerprint density at radius 1 is 1.50 bits per heavy atom. The zero-order valence-corrected chi connectivity index (χ0v) is 4.83. The number of rotatable bonds is 3. The zero-order valence-electron chi connectivity index (χ0n) is 4.83. The number of aliphatic carboxylic acids is 1. The number of hydrogen-bond donors (Lipinski definition) is 1. The molecule has 0 saturated carbocycles. The van der Waals surface area contributed by atoms with Crippen LogP contribution in [0, 0.1) is 5.92 Å². The van der Waals surface area contributed by atoms with Gasteiger partial charge in [0.2, 0.25) is 0 Å². The standard InChI is InChI=1S/C5H6O4.Ca.2H/c1-3(7)4(2-6)5(8)9;;;/h2,4H,1H3,(H,8,9);;;. The van der Waals surface area contributed by atoms with Crippen LogP contribution in [0.15, 0.2) is 0 Å². The van der Waals surface area contributed by atoms with Gasteiger partial charge in [0, 0.05) is 0 Å². The molecule has 0 aliphatic heterocycles. The van der Waals surface area contributed by atoms with Crippen molar-refractivity contribution in [1.82, 2.24) is 0 Å². The van der Waals surface area contributed by atoms with Gasteiger partial charge in [-0.2, -0.15) is 0 Å². The molecule has 4 nitrogen and oxygen atoms in total. The molecule has 54 valence electrons. The summed E-state index contributed by atoms with van der Waals surface area (Å²) in [6.07, 6.45) is 0.116. The van der Waals surface area contributed by atoms with E-state index in [0.29, 0.717) is 0 Å². The van der Waals surface area contributed by atoms with Crippen molar-refractivity contribution in [2.45, 2.75) is 6.92 Å². The van der Waals surface area contributed by atoms with Crippen molar-refractivity contribution in [2.24, 2.45) is 5.92 Å². The summed E-state index contributed by atoms with van der Waals surface area (Å²) in [5.74, 6) is -3.51. The molecular weight excluding hydrogens is 164 g/mol. The first-order chi connectivity index (χ1) is 4.09. The number of carboxylic acids is 1. The average Bonchev–Trinajstić information content (AvgIpc) is 1.64. The number of carboxylic acid groups (broad SMARTS) is 1. The minimum atomic E-state index is -1.48. The van der Waals surface area contributed by atoms with E-state index in [9.17, 15) is 14.4 Å². The maximum absolute atomic E-state index is 10.2. The molecule has 0 aliphatic carbocycles. The Morgan fingerprint density at radius 3 is 1.90 bits per heavy atom. The van der Waals surface area contributed by atoms with E-state index < -0.39 is 17.7 Å². The number of carbonyl (C=O) groups excluding carboxylic acids is 2. The molecule has 0 saturated heterocycles. The summed E-state index contributed by atoms with van der Waals surface area (Å²) < 4.78 is 0. The number of ketones is 1. The van der Waals surface area contributed by atoms with Crippen LogP contribution in [-0.2, 0) is 14.4 Å². The van der Waals surface area contributed by atoms with E-state index in [1.165, 1.54) is 0 Å². The van der Waals surface area contributed by atoms with Gasteiger partial charge in [-0.05, 0) is 6.92 Å². The Labute approximate surface area is 87.6 Å². The molecule has 1 atom stereocenters. The second kappa shape index (κ2) is 5.82. The Kier molecular flexibility index (Phi) is 7.41. The van der Waals surface area contributed by atoms with Crippen molar-refractivity contribution in [3.8, 4) is 0 Å². The second-order valence-corrected chi connectivity index (χ2v) is 1.56. The second-order valence-electron chi connectivity index (χ2n) is 1.56. The summed E-state index contributed by atoms with van der Waals surface area (Å²) in [7, 11) is 0. The molecule has 0 aromatic carbocycles. The number of aldehydes is 1. The summed E-state index contributed by atoms with van der Waals surface area (Å²) in [4.78, 5) is 29.9. The van der Waals surface area contributed by atoms with Gasteiger partial charge in [-0.15, -0.1) is 0 Å². The molecule has 0 spiro atoms. The van der Waals surface area contributed by atoms with Crippen molar-refractivity contribution in [1.29, 1.82) is 0 Å².